The van der Waals surface area contributed by atoms with E-state index in [2.05, 4.69) is 0 Å². The summed E-state index contributed by atoms with van der Waals surface area (Å²) in [5, 5.41) is 11.0. The van der Waals surface area contributed by atoms with Gasteiger partial charge in [0.05, 0.1) is 12.0 Å². The maximum Gasteiger partial charge on any atom is 0.272 e. The van der Waals surface area contributed by atoms with Crippen molar-refractivity contribution in [1.82, 2.24) is 0 Å². The van der Waals surface area contributed by atoms with E-state index in [1.165, 1.54) is 6.07 Å². The van der Waals surface area contributed by atoms with Gasteiger partial charge in [-0.25, -0.2) is 0 Å². The quantitative estimate of drug-likeness (QED) is 0.185. The fourth-order valence-corrected chi connectivity index (χ4v) is 4.16. The third kappa shape index (κ3) is 5.38. The summed E-state index contributed by atoms with van der Waals surface area (Å²) in [4.78, 5) is 25.2. The van der Waals surface area contributed by atoms with E-state index in [1.54, 1.807) is 49.7 Å². The van der Waals surface area contributed by atoms with Gasteiger partial charge >= 0.3 is 0 Å². The van der Waals surface area contributed by atoms with Crippen LogP contribution in [0.4, 0.5) is 5.69 Å². The number of rotatable bonds is 8. The van der Waals surface area contributed by atoms with E-state index < -0.39 is 4.92 Å². The smallest absolute Gasteiger partial charge is 0.272 e. The van der Waals surface area contributed by atoms with Crippen molar-refractivity contribution < 1.29 is 19.2 Å². The Balaban J connectivity index is 1.76. The van der Waals surface area contributed by atoms with Crippen LogP contribution in [0.3, 0.4) is 0 Å². The summed E-state index contributed by atoms with van der Waals surface area (Å²) in [6, 6.07) is 12.1. The molecule has 6 nitrogen and oxygen atoms in total. The number of thiophene rings is 1. The maximum absolute atomic E-state index is 12.5. The topological polar surface area (TPSA) is 78.7 Å². The van der Waals surface area contributed by atoms with Gasteiger partial charge in [-0.1, -0.05) is 12.1 Å². The van der Waals surface area contributed by atoms with Gasteiger partial charge in [0.25, 0.3) is 5.69 Å². The second-order valence-electron chi connectivity index (χ2n) is 7.09. The normalized spacial score (nSPS) is 11.0. The SMILES string of the molecule is COc1ccc(/C=C/C(=O)c2cc(C)sc2C)cc1COc1ccc([N+](=O)[O-])c(C)c1. The van der Waals surface area contributed by atoms with Crippen LogP contribution >= 0.6 is 11.3 Å². The average molecular weight is 438 g/mol. The van der Waals surface area contributed by atoms with Crippen molar-refractivity contribution in [3.05, 3.63) is 90.7 Å². The summed E-state index contributed by atoms with van der Waals surface area (Å²) in [5.74, 6) is 1.16. The van der Waals surface area contributed by atoms with E-state index in [-0.39, 0.29) is 18.1 Å². The molecule has 0 radical (unpaired) electrons. The molecule has 1 aromatic heterocycles. The minimum absolute atomic E-state index is 0.0307. The number of methoxy groups -OCH3 is 1. The first kappa shape index (κ1) is 22.2. The van der Waals surface area contributed by atoms with Crippen molar-refractivity contribution in [2.45, 2.75) is 27.4 Å². The highest BCUT2D eigenvalue weighted by Crippen LogP contribution is 2.27. The van der Waals surface area contributed by atoms with Crippen LogP contribution in [0.25, 0.3) is 6.08 Å². The predicted molar refractivity (Wildman–Crippen MR) is 122 cm³/mol. The van der Waals surface area contributed by atoms with Crippen molar-refractivity contribution in [3.63, 3.8) is 0 Å². The van der Waals surface area contributed by atoms with Crippen LogP contribution in [0, 0.1) is 30.9 Å². The van der Waals surface area contributed by atoms with E-state index in [0.717, 1.165) is 26.4 Å². The number of ether oxygens (including phenoxy) is 2. The van der Waals surface area contributed by atoms with Crippen molar-refractivity contribution >= 4 is 28.9 Å². The Morgan fingerprint density at radius 2 is 1.90 bits per heavy atom. The van der Waals surface area contributed by atoms with Crippen LogP contribution in [-0.2, 0) is 6.61 Å². The zero-order valence-corrected chi connectivity index (χ0v) is 18.6. The molecule has 31 heavy (non-hydrogen) atoms. The number of nitro groups is 1. The zero-order chi connectivity index (χ0) is 22.5. The second-order valence-corrected chi connectivity index (χ2v) is 8.55. The number of hydrogen-bond donors (Lipinski definition) is 0. The van der Waals surface area contributed by atoms with Crippen molar-refractivity contribution in [2.75, 3.05) is 7.11 Å². The molecule has 0 atom stereocenters. The Labute approximate surface area is 184 Å². The van der Waals surface area contributed by atoms with Crippen molar-refractivity contribution in [1.29, 1.82) is 0 Å². The molecule has 0 N–H and O–H groups in total. The molecule has 0 aliphatic carbocycles. The molecule has 3 aromatic rings. The zero-order valence-electron chi connectivity index (χ0n) is 17.8. The highest BCUT2D eigenvalue weighted by atomic mass is 32.1. The van der Waals surface area contributed by atoms with E-state index in [9.17, 15) is 14.9 Å². The largest absolute Gasteiger partial charge is 0.496 e. The van der Waals surface area contributed by atoms with Gasteiger partial charge in [-0.15, -0.1) is 11.3 Å². The minimum atomic E-state index is -0.419. The molecule has 0 saturated carbocycles. The lowest BCUT2D eigenvalue weighted by molar-refractivity contribution is -0.385. The molecule has 0 fully saturated rings. The number of ketones is 1. The Morgan fingerprint density at radius 3 is 2.52 bits per heavy atom. The van der Waals surface area contributed by atoms with Crippen LogP contribution in [-0.4, -0.2) is 17.8 Å². The van der Waals surface area contributed by atoms with E-state index >= 15 is 0 Å². The number of aryl methyl sites for hydroxylation is 3. The summed E-state index contributed by atoms with van der Waals surface area (Å²) in [6.45, 7) is 5.82. The Hall–Kier alpha value is -3.45. The Kier molecular flexibility index (Phi) is 6.87. The molecule has 160 valence electrons. The van der Waals surface area contributed by atoms with Gasteiger partial charge in [-0.2, -0.15) is 0 Å². The molecular weight excluding hydrogens is 414 g/mol. The summed E-state index contributed by atoms with van der Waals surface area (Å²) in [5.41, 5.74) is 2.96. The van der Waals surface area contributed by atoms with Gasteiger partial charge in [0.2, 0.25) is 0 Å². The number of nitro benzene ring substituents is 1. The predicted octanol–water partition coefficient (Wildman–Crippen LogP) is 6.07. The molecule has 0 saturated heterocycles. The molecule has 0 aliphatic heterocycles. The summed E-state index contributed by atoms with van der Waals surface area (Å²) >= 11 is 1.61. The summed E-state index contributed by atoms with van der Waals surface area (Å²) < 4.78 is 11.2. The summed E-state index contributed by atoms with van der Waals surface area (Å²) in [6.07, 6.45) is 3.34. The van der Waals surface area contributed by atoms with Crippen LogP contribution in [0.1, 0.15) is 36.8 Å². The first-order chi connectivity index (χ1) is 14.8. The monoisotopic (exact) mass is 437 g/mol. The fourth-order valence-electron chi connectivity index (χ4n) is 3.24. The lowest BCUT2D eigenvalue weighted by Crippen LogP contribution is -2.00. The molecule has 0 amide bonds. The highest BCUT2D eigenvalue weighted by molar-refractivity contribution is 7.12. The molecule has 0 aliphatic rings. The van der Waals surface area contributed by atoms with Gasteiger partial charge in [-0.05, 0) is 62.7 Å². The first-order valence-corrected chi connectivity index (χ1v) is 10.4. The van der Waals surface area contributed by atoms with Gasteiger partial charge in [0, 0.05) is 32.5 Å². The van der Waals surface area contributed by atoms with Gasteiger partial charge in [0.1, 0.15) is 18.1 Å². The van der Waals surface area contributed by atoms with Crippen molar-refractivity contribution in [3.8, 4) is 11.5 Å². The fraction of sp³-hybridized carbons (Fsp3) is 0.208. The van der Waals surface area contributed by atoms with Crippen LogP contribution < -0.4 is 9.47 Å². The second kappa shape index (κ2) is 9.57. The number of nitrogens with zero attached hydrogens (tertiary/aromatic N) is 1. The van der Waals surface area contributed by atoms with Gasteiger partial charge in [0.15, 0.2) is 5.78 Å². The molecule has 2 aromatic carbocycles. The third-order valence-corrected chi connectivity index (χ3v) is 5.76. The molecule has 7 heteroatoms. The number of carbonyl (C=O) groups excluding carboxylic acids is 1. The maximum atomic E-state index is 12.5. The highest BCUT2D eigenvalue weighted by Gasteiger charge is 2.12. The molecule has 0 spiro atoms. The van der Waals surface area contributed by atoms with E-state index in [4.69, 9.17) is 9.47 Å². The van der Waals surface area contributed by atoms with E-state index in [0.29, 0.717) is 17.1 Å². The van der Waals surface area contributed by atoms with E-state index in [1.807, 2.05) is 38.1 Å². The lowest BCUT2D eigenvalue weighted by atomic mass is 10.1. The van der Waals surface area contributed by atoms with Crippen LogP contribution in [0.15, 0.2) is 48.5 Å². The lowest BCUT2D eigenvalue weighted by Gasteiger charge is -2.12. The Bertz CT molecular complexity index is 1160. The number of hydrogen-bond acceptors (Lipinski definition) is 6. The van der Waals surface area contributed by atoms with Crippen LogP contribution in [0.5, 0.6) is 11.5 Å². The molecule has 3 rings (SSSR count). The standard InChI is InChI=1S/C24H23NO5S/c1-15-11-20(7-8-22(15)25(27)28)30-14-19-13-18(6-10-24(19)29-4)5-9-23(26)21-12-16(2)31-17(21)3/h5-13H,14H2,1-4H3/b9-5+. The molecule has 1 heterocycles. The minimum Gasteiger partial charge on any atom is -0.496 e. The number of allylic oxidation sites excluding steroid dienone is 1. The Morgan fingerprint density at radius 1 is 1.13 bits per heavy atom. The van der Waals surface area contributed by atoms with Gasteiger partial charge in [-0.3, -0.25) is 14.9 Å². The third-order valence-electron chi connectivity index (χ3n) is 4.80. The number of carbonyl (C=O) groups is 1. The van der Waals surface area contributed by atoms with Crippen LogP contribution in [0.2, 0.25) is 0 Å². The number of benzene rings is 2. The average Bonchev–Trinajstić information content (AvgIpc) is 3.08. The molecule has 0 bridgehead atoms. The summed E-state index contributed by atoms with van der Waals surface area (Å²) in [7, 11) is 1.58. The first-order valence-electron chi connectivity index (χ1n) is 9.62. The van der Waals surface area contributed by atoms with Crippen molar-refractivity contribution in [2.24, 2.45) is 0 Å². The molecule has 0 unspecified atom stereocenters. The van der Waals surface area contributed by atoms with Gasteiger partial charge < -0.3 is 9.47 Å². The molecular formula is C24H23NO5S.